The fraction of sp³-hybridized carbons (Fsp3) is 0.250. The molecule has 6 nitrogen and oxygen atoms in total. The van der Waals surface area contributed by atoms with Crippen molar-refractivity contribution in [2.45, 2.75) is 17.4 Å². The van der Waals surface area contributed by atoms with E-state index >= 15 is 0 Å². The van der Waals surface area contributed by atoms with Crippen LogP contribution in [-0.4, -0.2) is 43.7 Å². The lowest BCUT2D eigenvalue weighted by atomic mass is 10.0. The molecule has 2 aromatic carbocycles. The van der Waals surface area contributed by atoms with Gasteiger partial charge >= 0.3 is 0 Å². The number of amides is 1. The van der Waals surface area contributed by atoms with E-state index in [0.29, 0.717) is 17.9 Å². The maximum absolute atomic E-state index is 13.2. The van der Waals surface area contributed by atoms with Crippen molar-refractivity contribution < 1.29 is 19.0 Å². The van der Waals surface area contributed by atoms with Crippen LogP contribution in [0.15, 0.2) is 70.0 Å². The Hall–Kier alpha value is -2.97. The SMILES string of the molecule is COc1ccc(SCC(=O)N2N=C(c3cccs3)C[C@@H]2c2ccc(OC)c(OC)c2)cc1. The minimum atomic E-state index is -0.198. The van der Waals surface area contributed by atoms with Crippen molar-refractivity contribution in [2.24, 2.45) is 5.10 Å². The van der Waals surface area contributed by atoms with Gasteiger partial charge in [-0.15, -0.1) is 23.1 Å². The number of hydrogen-bond acceptors (Lipinski definition) is 7. The predicted octanol–water partition coefficient (Wildman–Crippen LogP) is 5.24. The molecule has 0 fully saturated rings. The maximum Gasteiger partial charge on any atom is 0.253 e. The fourth-order valence-electron chi connectivity index (χ4n) is 3.53. The van der Waals surface area contributed by atoms with Gasteiger partial charge in [-0.05, 0) is 53.4 Å². The van der Waals surface area contributed by atoms with Crippen molar-refractivity contribution in [1.29, 1.82) is 0 Å². The lowest BCUT2D eigenvalue weighted by molar-refractivity contribution is -0.130. The molecule has 1 aromatic heterocycles. The predicted molar refractivity (Wildman–Crippen MR) is 128 cm³/mol. The first kappa shape index (κ1) is 22.2. The van der Waals surface area contributed by atoms with Gasteiger partial charge in [-0.3, -0.25) is 4.79 Å². The first-order valence-corrected chi connectivity index (χ1v) is 11.9. The van der Waals surface area contributed by atoms with Gasteiger partial charge in [0.15, 0.2) is 11.5 Å². The van der Waals surface area contributed by atoms with Crippen LogP contribution in [0.25, 0.3) is 0 Å². The Morgan fingerprint density at radius 3 is 2.50 bits per heavy atom. The molecule has 1 atom stereocenters. The molecule has 1 amide bonds. The molecule has 3 aromatic rings. The first-order valence-electron chi connectivity index (χ1n) is 10.0. The third-order valence-corrected chi connectivity index (χ3v) is 7.10. The zero-order chi connectivity index (χ0) is 22.5. The van der Waals surface area contributed by atoms with Crippen LogP contribution in [0.1, 0.15) is 22.9 Å². The number of methoxy groups -OCH3 is 3. The number of thioether (sulfide) groups is 1. The zero-order valence-corrected chi connectivity index (χ0v) is 19.7. The van der Waals surface area contributed by atoms with Crippen molar-refractivity contribution in [3.63, 3.8) is 0 Å². The maximum atomic E-state index is 13.2. The largest absolute Gasteiger partial charge is 0.497 e. The highest BCUT2D eigenvalue weighted by molar-refractivity contribution is 8.00. The molecule has 166 valence electrons. The molecule has 1 aliphatic heterocycles. The van der Waals surface area contributed by atoms with E-state index in [-0.39, 0.29) is 17.7 Å². The second kappa shape index (κ2) is 10.1. The highest BCUT2D eigenvalue weighted by Gasteiger charge is 2.33. The highest BCUT2D eigenvalue weighted by atomic mass is 32.2. The Morgan fingerprint density at radius 2 is 1.84 bits per heavy atom. The van der Waals surface area contributed by atoms with Gasteiger partial charge in [0.1, 0.15) is 5.75 Å². The van der Waals surface area contributed by atoms with Crippen LogP contribution in [0.5, 0.6) is 17.2 Å². The van der Waals surface area contributed by atoms with E-state index in [1.165, 1.54) is 11.8 Å². The monoisotopic (exact) mass is 468 g/mol. The summed E-state index contributed by atoms with van der Waals surface area (Å²) in [5.41, 5.74) is 1.88. The van der Waals surface area contributed by atoms with Crippen LogP contribution in [0.4, 0.5) is 0 Å². The summed E-state index contributed by atoms with van der Waals surface area (Å²) in [6.45, 7) is 0. The van der Waals surface area contributed by atoms with E-state index in [0.717, 1.165) is 26.8 Å². The Labute approximate surface area is 195 Å². The number of thiophene rings is 1. The summed E-state index contributed by atoms with van der Waals surface area (Å²) in [6, 6.07) is 17.3. The van der Waals surface area contributed by atoms with Gasteiger partial charge in [0.25, 0.3) is 5.91 Å². The summed E-state index contributed by atoms with van der Waals surface area (Å²) in [5, 5.41) is 8.37. The third-order valence-electron chi connectivity index (χ3n) is 5.19. The first-order chi connectivity index (χ1) is 15.6. The number of rotatable bonds is 8. The van der Waals surface area contributed by atoms with Gasteiger partial charge in [0.05, 0.1) is 43.7 Å². The Morgan fingerprint density at radius 1 is 1.06 bits per heavy atom. The quantitative estimate of drug-likeness (QED) is 0.423. The molecule has 0 saturated carbocycles. The molecule has 0 aliphatic carbocycles. The van der Waals surface area contributed by atoms with Gasteiger partial charge in [-0.1, -0.05) is 12.1 Å². The van der Waals surface area contributed by atoms with Gasteiger partial charge in [-0.25, -0.2) is 5.01 Å². The summed E-state index contributed by atoms with van der Waals surface area (Å²) in [4.78, 5) is 15.3. The van der Waals surface area contributed by atoms with Gasteiger partial charge in [0, 0.05) is 11.3 Å². The molecule has 0 bridgehead atoms. The molecular weight excluding hydrogens is 444 g/mol. The van der Waals surface area contributed by atoms with E-state index in [1.54, 1.807) is 37.7 Å². The molecule has 32 heavy (non-hydrogen) atoms. The normalized spacial score (nSPS) is 15.4. The molecular formula is C24H24N2O4S2. The van der Waals surface area contributed by atoms with E-state index < -0.39 is 0 Å². The standard InChI is InChI=1S/C24H24N2O4S2/c1-28-17-7-9-18(10-8-17)32-15-24(27)26-20(14-19(25-26)23-5-4-12-31-23)16-6-11-21(29-2)22(13-16)30-3/h4-13,20H,14-15H2,1-3H3/t20-/m1/s1. The van der Waals surface area contributed by atoms with E-state index in [9.17, 15) is 4.79 Å². The number of hydrogen-bond donors (Lipinski definition) is 0. The number of benzene rings is 2. The summed E-state index contributed by atoms with van der Waals surface area (Å²) in [5.74, 6) is 2.32. The zero-order valence-electron chi connectivity index (χ0n) is 18.1. The van der Waals surface area contributed by atoms with E-state index in [1.807, 2.05) is 60.0 Å². The summed E-state index contributed by atoms with van der Waals surface area (Å²) >= 11 is 3.11. The van der Waals surface area contributed by atoms with Crippen LogP contribution in [-0.2, 0) is 4.79 Å². The molecule has 4 rings (SSSR count). The molecule has 0 N–H and O–H groups in total. The summed E-state index contributed by atoms with van der Waals surface area (Å²) < 4.78 is 16.0. The fourth-order valence-corrected chi connectivity index (χ4v) is 5.01. The Kier molecular flexibility index (Phi) is 7.02. The Balaban J connectivity index is 1.57. The van der Waals surface area contributed by atoms with Crippen LogP contribution >= 0.6 is 23.1 Å². The number of carbonyl (C=O) groups excluding carboxylic acids is 1. The number of hydrazone groups is 1. The molecule has 0 saturated heterocycles. The molecule has 1 aliphatic rings. The molecule has 0 unspecified atom stereocenters. The summed E-state index contributed by atoms with van der Waals surface area (Å²) in [7, 11) is 4.85. The summed E-state index contributed by atoms with van der Waals surface area (Å²) in [6.07, 6.45) is 0.648. The van der Waals surface area contributed by atoms with Gasteiger partial charge < -0.3 is 14.2 Å². The minimum Gasteiger partial charge on any atom is -0.497 e. The highest BCUT2D eigenvalue weighted by Crippen LogP contribution is 2.38. The molecule has 8 heteroatoms. The lowest BCUT2D eigenvalue weighted by Gasteiger charge is -2.23. The molecule has 0 radical (unpaired) electrons. The van der Waals surface area contributed by atoms with Crippen molar-refractivity contribution in [3.05, 3.63) is 70.4 Å². The van der Waals surface area contributed by atoms with Crippen LogP contribution in [0, 0.1) is 0 Å². The minimum absolute atomic E-state index is 0.0443. The van der Waals surface area contributed by atoms with Crippen molar-refractivity contribution in [3.8, 4) is 17.2 Å². The topological polar surface area (TPSA) is 60.4 Å². The Bertz CT molecular complexity index is 1100. The van der Waals surface area contributed by atoms with Crippen LogP contribution in [0.2, 0.25) is 0 Å². The van der Waals surface area contributed by atoms with Crippen molar-refractivity contribution in [1.82, 2.24) is 5.01 Å². The van der Waals surface area contributed by atoms with Crippen molar-refractivity contribution in [2.75, 3.05) is 27.1 Å². The average molecular weight is 469 g/mol. The second-order valence-electron chi connectivity index (χ2n) is 7.06. The molecule has 0 spiro atoms. The number of nitrogens with zero attached hydrogens (tertiary/aromatic N) is 2. The van der Waals surface area contributed by atoms with Crippen LogP contribution in [0.3, 0.4) is 0 Å². The average Bonchev–Trinajstić information content (AvgIpc) is 3.52. The number of carbonyl (C=O) groups is 1. The van der Waals surface area contributed by atoms with Gasteiger partial charge in [0.2, 0.25) is 0 Å². The number of ether oxygens (including phenoxy) is 3. The second-order valence-corrected chi connectivity index (χ2v) is 9.06. The third kappa shape index (κ3) is 4.76. The van der Waals surface area contributed by atoms with Crippen molar-refractivity contribution >= 4 is 34.7 Å². The smallest absolute Gasteiger partial charge is 0.253 e. The van der Waals surface area contributed by atoms with Crippen LogP contribution < -0.4 is 14.2 Å². The molecule has 2 heterocycles. The lowest BCUT2D eigenvalue weighted by Crippen LogP contribution is -2.28. The van der Waals surface area contributed by atoms with Gasteiger partial charge in [-0.2, -0.15) is 5.10 Å². The van der Waals surface area contributed by atoms with E-state index in [2.05, 4.69) is 0 Å². The van der Waals surface area contributed by atoms with E-state index in [4.69, 9.17) is 19.3 Å².